The van der Waals surface area contributed by atoms with Gasteiger partial charge in [-0.3, -0.25) is 9.97 Å². The van der Waals surface area contributed by atoms with Gasteiger partial charge in [-0.15, -0.1) is 0 Å². The summed E-state index contributed by atoms with van der Waals surface area (Å²) in [6.07, 6.45) is 1.18. The molecule has 0 spiro atoms. The molecular weight excluding hydrogens is 403 g/mol. The van der Waals surface area contributed by atoms with Crippen molar-refractivity contribution in [2.45, 2.75) is 12.7 Å². The predicted molar refractivity (Wildman–Crippen MR) is 114 cm³/mol. The lowest BCUT2D eigenvalue weighted by atomic mass is 10.0. The fourth-order valence-electron chi connectivity index (χ4n) is 3.60. The number of furan rings is 1. The Morgan fingerprint density at radius 1 is 0.871 bits per heavy atom. The van der Waals surface area contributed by atoms with Gasteiger partial charge < -0.3 is 9.73 Å². The van der Waals surface area contributed by atoms with Crippen molar-refractivity contribution in [2.75, 3.05) is 5.32 Å². The number of nitrogens with zero attached hydrogens (tertiary/aromatic N) is 2. The molecule has 5 rings (SSSR count). The van der Waals surface area contributed by atoms with Crippen molar-refractivity contribution in [2.24, 2.45) is 0 Å². The monoisotopic (exact) mass is 419 g/mol. The Morgan fingerprint density at radius 2 is 1.74 bits per heavy atom. The standard InChI is InChI=1S/C24H16F3N3O/c25-24(26,27)20-14-28-8-7-21(20)30-11-15-5-6-17-12-29-13-19(18(17)9-15)23-10-16-3-1-2-4-22(16)31-23/h1-10,12-14H,11H2,(H,28,30). The molecule has 154 valence electrons. The van der Waals surface area contributed by atoms with Crippen LogP contribution in [-0.2, 0) is 12.7 Å². The van der Waals surface area contributed by atoms with E-state index in [0.29, 0.717) is 5.76 Å². The molecule has 0 atom stereocenters. The van der Waals surface area contributed by atoms with Crippen LogP contribution < -0.4 is 5.32 Å². The van der Waals surface area contributed by atoms with Gasteiger partial charge in [-0.05, 0) is 35.2 Å². The number of hydrogen-bond donors (Lipinski definition) is 1. The zero-order valence-corrected chi connectivity index (χ0v) is 16.1. The number of nitrogens with one attached hydrogen (secondary N) is 1. The molecule has 0 fully saturated rings. The highest BCUT2D eigenvalue weighted by Gasteiger charge is 2.33. The first kappa shape index (κ1) is 19.1. The molecule has 1 N–H and O–H groups in total. The smallest absolute Gasteiger partial charge is 0.419 e. The summed E-state index contributed by atoms with van der Waals surface area (Å²) in [6.45, 7) is 0.227. The molecule has 7 heteroatoms. The lowest BCUT2D eigenvalue weighted by Gasteiger charge is -2.14. The van der Waals surface area contributed by atoms with Gasteiger partial charge in [-0.2, -0.15) is 13.2 Å². The largest absolute Gasteiger partial charge is 0.456 e. The first-order chi connectivity index (χ1) is 15.0. The third-order valence-electron chi connectivity index (χ3n) is 5.13. The lowest BCUT2D eigenvalue weighted by Crippen LogP contribution is -2.11. The lowest BCUT2D eigenvalue weighted by molar-refractivity contribution is -0.137. The fourth-order valence-corrected chi connectivity index (χ4v) is 3.60. The van der Waals surface area contributed by atoms with Crippen molar-refractivity contribution in [1.82, 2.24) is 9.97 Å². The molecule has 0 aliphatic rings. The summed E-state index contributed by atoms with van der Waals surface area (Å²) in [6, 6.07) is 16.7. The number of benzene rings is 2. The Bertz CT molecular complexity index is 1360. The highest BCUT2D eigenvalue weighted by molar-refractivity contribution is 5.97. The zero-order valence-electron chi connectivity index (χ0n) is 16.1. The second-order valence-corrected chi connectivity index (χ2v) is 7.16. The number of alkyl halides is 3. The van der Waals surface area contributed by atoms with Gasteiger partial charge in [0, 0.05) is 53.4 Å². The first-order valence-electron chi connectivity index (χ1n) is 9.60. The maximum atomic E-state index is 13.2. The van der Waals surface area contributed by atoms with Gasteiger partial charge in [0.25, 0.3) is 0 Å². The van der Waals surface area contributed by atoms with Gasteiger partial charge in [0.1, 0.15) is 11.3 Å². The van der Waals surface area contributed by atoms with Crippen LogP contribution in [0.15, 0.2) is 83.8 Å². The molecule has 2 aromatic carbocycles. The Hall–Kier alpha value is -3.87. The molecule has 4 nitrogen and oxygen atoms in total. The van der Waals surface area contributed by atoms with Crippen molar-refractivity contribution >= 4 is 27.4 Å². The van der Waals surface area contributed by atoms with Crippen molar-refractivity contribution in [3.8, 4) is 11.3 Å². The van der Waals surface area contributed by atoms with E-state index in [4.69, 9.17) is 4.42 Å². The number of rotatable bonds is 4. The van der Waals surface area contributed by atoms with Crippen LogP contribution in [0.3, 0.4) is 0 Å². The molecule has 0 saturated carbocycles. The second kappa shape index (κ2) is 7.43. The Balaban J connectivity index is 1.50. The molecule has 3 heterocycles. The number of fused-ring (bicyclic) bond motifs is 2. The number of halogens is 3. The highest BCUT2D eigenvalue weighted by Crippen LogP contribution is 2.35. The van der Waals surface area contributed by atoms with E-state index in [9.17, 15) is 13.2 Å². The normalized spacial score (nSPS) is 11.8. The Morgan fingerprint density at radius 3 is 2.58 bits per heavy atom. The number of para-hydroxylation sites is 1. The first-order valence-corrected chi connectivity index (χ1v) is 9.60. The number of pyridine rings is 2. The van der Waals surface area contributed by atoms with Gasteiger partial charge in [0.2, 0.25) is 0 Å². The van der Waals surface area contributed by atoms with Crippen LogP contribution in [0.4, 0.5) is 18.9 Å². The van der Waals surface area contributed by atoms with Crippen LogP contribution in [0.5, 0.6) is 0 Å². The van der Waals surface area contributed by atoms with E-state index in [-0.39, 0.29) is 12.2 Å². The van der Waals surface area contributed by atoms with Crippen LogP contribution in [0.25, 0.3) is 33.1 Å². The van der Waals surface area contributed by atoms with Crippen molar-refractivity contribution in [1.29, 1.82) is 0 Å². The summed E-state index contributed by atoms with van der Waals surface area (Å²) in [5.41, 5.74) is 1.65. The van der Waals surface area contributed by atoms with Gasteiger partial charge in [0.05, 0.1) is 5.56 Å². The molecule has 0 saturated heterocycles. The Labute approximate surface area is 175 Å². The molecule has 3 aromatic heterocycles. The average molecular weight is 419 g/mol. The predicted octanol–water partition coefficient (Wildman–Crippen LogP) is 6.67. The summed E-state index contributed by atoms with van der Waals surface area (Å²) >= 11 is 0. The van der Waals surface area contributed by atoms with E-state index in [1.165, 1.54) is 12.3 Å². The number of aromatic nitrogens is 2. The van der Waals surface area contributed by atoms with Crippen LogP contribution in [-0.4, -0.2) is 9.97 Å². The zero-order chi connectivity index (χ0) is 21.4. The summed E-state index contributed by atoms with van der Waals surface area (Å²) in [5, 5.41) is 5.71. The minimum atomic E-state index is -4.47. The molecule has 0 amide bonds. The van der Waals surface area contributed by atoms with Crippen molar-refractivity contribution in [3.63, 3.8) is 0 Å². The van der Waals surface area contributed by atoms with E-state index >= 15 is 0 Å². The van der Waals surface area contributed by atoms with E-state index < -0.39 is 11.7 Å². The third kappa shape index (κ3) is 3.70. The van der Waals surface area contributed by atoms with Crippen LogP contribution >= 0.6 is 0 Å². The van der Waals surface area contributed by atoms with Gasteiger partial charge in [-0.1, -0.05) is 30.3 Å². The minimum Gasteiger partial charge on any atom is -0.456 e. The Kier molecular flexibility index (Phi) is 4.58. The molecule has 5 aromatic rings. The van der Waals surface area contributed by atoms with Crippen LogP contribution in [0.2, 0.25) is 0 Å². The average Bonchev–Trinajstić information content (AvgIpc) is 3.21. The van der Waals surface area contributed by atoms with Crippen molar-refractivity contribution in [3.05, 3.63) is 90.5 Å². The maximum absolute atomic E-state index is 13.2. The maximum Gasteiger partial charge on any atom is 0.419 e. The molecule has 0 aliphatic heterocycles. The van der Waals surface area contributed by atoms with E-state index in [2.05, 4.69) is 15.3 Å². The SMILES string of the molecule is FC(F)(F)c1cnccc1NCc1ccc2cncc(-c3cc4ccccc4o3)c2c1. The molecule has 0 radical (unpaired) electrons. The number of anilines is 1. The third-order valence-corrected chi connectivity index (χ3v) is 5.13. The van der Waals surface area contributed by atoms with E-state index in [0.717, 1.165) is 39.1 Å². The van der Waals surface area contributed by atoms with E-state index in [1.807, 2.05) is 48.5 Å². The molecular formula is C24H16F3N3O. The summed E-state index contributed by atoms with van der Waals surface area (Å²) < 4.78 is 45.6. The minimum absolute atomic E-state index is 0.00478. The fraction of sp³-hybridized carbons (Fsp3) is 0.0833. The van der Waals surface area contributed by atoms with Gasteiger partial charge in [0.15, 0.2) is 0 Å². The summed E-state index contributed by atoms with van der Waals surface area (Å²) in [5.74, 6) is 0.693. The second-order valence-electron chi connectivity index (χ2n) is 7.16. The van der Waals surface area contributed by atoms with Crippen molar-refractivity contribution < 1.29 is 17.6 Å². The number of hydrogen-bond acceptors (Lipinski definition) is 4. The van der Waals surface area contributed by atoms with Gasteiger partial charge in [-0.25, -0.2) is 0 Å². The van der Waals surface area contributed by atoms with Crippen LogP contribution in [0, 0.1) is 0 Å². The molecule has 0 unspecified atom stereocenters. The van der Waals surface area contributed by atoms with E-state index in [1.54, 1.807) is 12.4 Å². The highest BCUT2D eigenvalue weighted by atomic mass is 19.4. The molecule has 0 aliphatic carbocycles. The topological polar surface area (TPSA) is 51.0 Å². The van der Waals surface area contributed by atoms with Crippen LogP contribution in [0.1, 0.15) is 11.1 Å². The quantitative estimate of drug-likeness (QED) is 0.353. The molecule has 31 heavy (non-hydrogen) atoms. The molecule has 0 bridgehead atoms. The summed E-state index contributed by atoms with van der Waals surface area (Å²) in [7, 11) is 0. The van der Waals surface area contributed by atoms with Gasteiger partial charge >= 0.3 is 6.18 Å². The summed E-state index contributed by atoms with van der Waals surface area (Å²) in [4.78, 5) is 7.91.